The molecule has 0 fully saturated rings. The Bertz CT molecular complexity index is 318. The smallest absolute Gasteiger partial charge is 0.379 e. The minimum absolute atomic E-state index is 0.206. The van der Waals surface area contributed by atoms with Gasteiger partial charge in [0.15, 0.2) is 6.10 Å². The van der Waals surface area contributed by atoms with E-state index in [0.717, 1.165) is 0 Å². The first-order valence-electron chi connectivity index (χ1n) is 3.52. The molecule has 0 radical (unpaired) electrons. The fourth-order valence-corrected chi connectivity index (χ4v) is 1.54. The van der Waals surface area contributed by atoms with Gasteiger partial charge >= 0.3 is 6.18 Å². The maximum absolute atomic E-state index is 12.1. The maximum Gasteiger partial charge on any atom is 0.418 e. The Kier molecular flexibility index (Phi) is 3.29. The predicted molar refractivity (Wildman–Crippen MR) is 47.5 cm³/mol. The van der Waals surface area contributed by atoms with Gasteiger partial charge in [-0.1, -0.05) is 29.3 Å². The summed E-state index contributed by atoms with van der Waals surface area (Å²) in [6, 6.07) is 3.87. The van der Waals surface area contributed by atoms with Gasteiger partial charge in [0.05, 0.1) is 0 Å². The van der Waals surface area contributed by atoms with Crippen LogP contribution in [0.2, 0.25) is 10.0 Å². The van der Waals surface area contributed by atoms with Crippen molar-refractivity contribution in [3.63, 3.8) is 0 Å². The van der Waals surface area contributed by atoms with Crippen LogP contribution < -0.4 is 0 Å². The first-order valence-corrected chi connectivity index (χ1v) is 4.28. The zero-order valence-corrected chi connectivity index (χ0v) is 8.16. The fourth-order valence-electron chi connectivity index (χ4n) is 0.936. The van der Waals surface area contributed by atoms with Crippen LogP contribution in [-0.2, 0) is 0 Å². The molecule has 0 bridgehead atoms. The second kappa shape index (κ2) is 3.96. The monoisotopic (exact) mass is 244 g/mol. The van der Waals surface area contributed by atoms with Gasteiger partial charge in [-0.15, -0.1) is 0 Å². The lowest BCUT2D eigenvalue weighted by Crippen LogP contribution is -2.20. The Morgan fingerprint density at radius 1 is 1.14 bits per heavy atom. The summed E-state index contributed by atoms with van der Waals surface area (Å²) >= 11 is 11.0. The maximum atomic E-state index is 12.1. The van der Waals surface area contributed by atoms with E-state index in [2.05, 4.69) is 0 Å². The van der Waals surface area contributed by atoms with Crippen LogP contribution in [0.15, 0.2) is 18.2 Å². The molecule has 1 aromatic rings. The standard InChI is InChI=1S/C8H5Cl2F3O/c9-4-2-1-3-5(10)6(4)7(14)8(11,12)13/h1-3,7,14H/t7-/m1/s1. The minimum atomic E-state index is -4.77. The van der Waals surface area contributed by atoms with Crippen LogP contribution in [0.3, 0.4) is 0 Å². The highest BCUT2D eigenvalue weighted by Gasteiger charge is 2.41. The number of hydrogen-bond donors (Lipinski definition) is 1. The molecule has 6 heteroatoms. The summed E-state index contributed by atoms with van der Waals surface area (Å²) in [5, 5.41) is 8.51. The van der Waals surface area contributed by atoms with Crippen molar-refractivity contribution >= 4 is 23.2 Å². The van der Waals surface area contributed by atoms with Gasteiger partial charge in [-0.2, -0.15) is 13.2 Å². The Morgan fingerprint density at radius 3 is 1.93 bits per heavy atom. The van der Waals surface area contributed by atoms with Crippen LogP contribution in [0.25, 0.3) is 0 Å². The van der Waals surface area contributed by atoms with E-state index in [1.54, 1.807) is 0 Å². The summed E-state index contributed by atoms with van der Waals surface area (Å²) in [6.07, 6.45) is -7.42. The van der Waals surface area contributed by atoms with Gasteiger partial charge in [0, 0.05) is 15.6 Å². The molecule has 0 spiro atoms. The van der Waals surface area contributed by atoms with Gasteiger partial charge in [0.2, 0.25) is 0 Å². The zero-order chi connectivity index (χ0) is 10.9. The molecule has 1 atom stereocenters. The first kappa shape index (κ1) is 11.6. The molecule has 0 aromatic heterocycles. The van der Waals surface area contributed by atoms with Crippen molar-refractivity contribution in [2.45, 2.75) is 12.3 Å². The quantitative estimate of drug-likeness (QED) is 0.801. The molecule has 0 saturated heterocycles. The highest BCUT2D eigenvalue weighted by Crippen LogP contribution is 2.39. The summed E-state index contributed by atoms with van der Waals surface area (Å²) in [5.74, 6) is 0. The number of rotatable bonds is 1. The van der Waals surface area contributed by atoms with E-state index >= 15 is 0 Å². The van der Waals surface area contributed by atoms with Crippen LogP contribution in [0.5, 0.6) is 0 Å². The van der Waals surface area contributed by atoms with Crippen molar-refractivity contribution in [3.05, 3.63) is 33.8 Å². The number of benzene rings is 1. The van der Waals surface area contributed by atoms with Crippen LogP contribution in [-0.4, -0.2) is 11.3 Å². The molecule has 0 unspecified atom stereocenters. The highest BCUT2D eigenvalue weighted by atomic mass is 35.5. The van der Waals surface area contributed by atoms with Crippen LogP contribution in [0.1, 0.15) is 11.7 Å². The molecule has 1 rings (SSSR count). The molecule has 0 aliphatic carbocycles. The van der Waals surface area contributed by atoms with Gasteiger partial charge in [-0.3, -0.25) is 0 Å². The van der Waals surface area contributed by atoms with Crippen molar-refractivity contribution in [1.29, 1.82) is 0 Å². The SMILES string of the molecule is O[C@H](c1c(Cl)cccc1Cl)C(F)(F)F. The number of aliphatic hydroxyl groups is 1. The average Bonchev–Trinajstić information content (AvgIpc) is 2.01. The lowest BCUT2D eigenvalue weighted by atomic mass is 10.1. The third-order valence-electron chi connectivity index (χ3n) is 1.58. The lowest BCUT2D eigenvalue weighted by Gasteiger charge is -2.17. The third-order valence-corrected chi connectivity index (χ3v) is 2.24. The van der Waals surface area contributed by atoms with Crippen molar-refractivity contribution in [2.24, 2.45) is 0 Å². The molecule has 1 nitrogen and oxygen atoms in total. The molecule has 0 aliphatic rings. The largest absolute Gasteiger partial charge is 0.418 e. The summed E-state index contributed by atoms with van der Waals surface area (Å²) < 4.78 is 36.4. The molecule has 14 heavy (non-hydrogen) atoms. The van der Waals surface area contributed by atoms with Crippen LogP contribution in [0.4, 0.5) is 13.2 Å². The number of alkyl halides is 3. The molecule has 1 aromatic carbocycles. The van der Waals surface area contributed by atoms with E-state index in [0.29, 0.717) is 0 Å². The molecule has 0 amide bonds. The van der Waals surface area contributed by atoms with Crippen LogP contribution >= 0.6 is 23.2 Å². The highest BCUT2D eigenvalue weighted by molar-refractivity contribution is 6.36. The van der Waals surface area contributed by atoms with Crippen molar-refractivity contribution < 1.29 is 18.3 Å². The second-order valence-corrected chi connectivity index (χ2v) is 3.39. The van der Waals surface area contributed by atoms with E-state index in [-0.39, 0.29) is 10.0 Å². The average molecular weight is 245 g/mol. The van der Waals surface area contributed by atoms with E-state index in [4.69, 9.17) is 28.3 Å². The lowest BCUT2D eigenvalue weighted by molar-refractivity contribution is -0.206. The molecule has 0 heterocycles. The van der Waals surface area contributed by atoms with E-state index < -0.39 is 17.8 Å². The van der Waals surface area contributed by atoms with Gasteiger partial charge in [-0.05, 0) is 12.1 Å². The van der Waals surface area contributed by atoms with E-state index in [1.165, 1.54) is 18.2 Å². The van der Waals surface area contributed by atoms with Crippen molar-refractivity contribution in [1.82, 2.24) is 0 Å². The topological polar surface area (TPSA) is 20.2 Å². The van der Waals surface area contributed by atoms with E-state index in [1.807, 2.05) is 0 Å². The van der Waals surface area contributed by atoms with E-state index in [9.17, 15) is 13.2 Å². The molecular formula is C8H5Cl2F3O. The number of hydrogen-bond acceptors (Lipinski definition) is 1. The number of halogens is 5. The molecule has 1 N–H and O–H groups in total. The molecular weight excluding hydrogens is 240 g/mol. The van der Waals surface area contributed by atoms with Gasteiger partial charge < -0.3 is 5.11 Å². The Morgan fingerprint density at radius 2 is 1.57 bits per heavy atom. The Balaban J connectivity index is 3.19. The summed E-state index contributed by atoms with van der Waals surface area (Å²) in [5.41, 5.74) is -0.511. The normalized spacial score (nSPS) is 14.1. The molecule has 78 valence electrons. The van der Waals surface area contributed by atoms with Gasteiger partial charge in [-0.25, -0.2) is 0 Å². The molecule has 0 aliphatic heterocycles. The van der Waals surface area contributed by atoms with Crippen LogP contribution in [0, 0.1) is 0 Å². The second-order valence-electron chi connectivity index (χ2n) is 2.58. The fraction of sp³-hybridized carbons (Fsp3) is 0.250. The Hall–Kier alpha value is -0.450. The van der Waals surface area contributed by atoms with Crippen molar-refractivity contribution in [2.75, 3.05) is 0 Å². The van der Waals surface area contributed by atoms with Gasteiger partial charge in [0.1, 0.15) is 0 Å². The third kappa shape index (κ3) is 2.32. The minimum Gasteiger partial charge on any atom is -0.379 e. The summed E-state index contributed by atoms with van der Waals surface area (Å²) in [4.78, 5) is 0. The number of aliphatic hydroxyl groups excluding tert-OH is 1. The van der Waals surface area contributed by atoms with Crippen molar-refractivity contribution in [3.8, 4) is 0 Å². The zero-order valence-electron chi connectivity index (χ0n) is 6.65. The predicted octanol–water partition coefficient (Wildman–Crippen LogP) is 3.59. The first-order chi connectivity index (χ1) is 6.34. The Labute approximate surface area is 88.1 Å². The molecule has 0 saturated carbocycles. The summed E-state index contributed by atoms with van der Waals surface area (Å²) in [6.45, 7) is 0. The van der Waals surface area contributed by atoms with Gasteiger partial charge in [0.25, 0.3) is 0 Å². The summed E-state index contributed by atoms with van der Waals surface area (Å²) in [7, 11) is 0.